The van der Waals surface area contributed by atoms with E-state index in [2.05, 4.69) is 14.9 Å². The van der Waals surface area contributed by atoms with Gasteiger partial charge in [0, 0.05) is 24.7 Å². The standard InChI is InChI=1S/C18H28N6O2/c19-5-3-12-2-1-6-23(12)9-11-8-14(16(26)15(11)25)24-7-4-13-17(20)21-10-22-18(13)24/h4,7,10-12,14-16,25-26H,1-3,5-6,8-9,19H2,(H2,20,21,22)/t11-,12+,14-,15-,16+/m1/s1. The third kappa shape index (κ3) is 2.96. The van der Waals surface area contributed by atoms with E-state index in [0.717, 1.165) is 24.9 Å². The summed E-state index contributed by atoms with van der Waals surface area (Å²) in [7, 11) is 0. The van der Waals surface area contributed by atoms with Crippen LogP contribution < -0.4 is 11.5 Å². The average Bonchev–Trinajstić information content (AvgIpc) is 3.31. The quantitative estimate of drug-likeness (QED) is 0.596. The zero-order valence-corrected chi connectivity index (χ0v) is 14.9. The molecule has 142 valence electrons. The van der Waals surface area contributed by atoms with Crippen molar-refractivity contribution in [3.05, 3.63) is 18.6 Å². The molecule has 1 aliphatic carbocycles. The Balaban J connectivity index is 1.53. The summed E-state index contributed by atoms with van der Waals surface area (Å²) in [6, 6.07) is 2.16. The summed E-state index contributed by atoms with van der Waals surface area (Å²) < 4.78 is 1.93. The van der Waals surface area contributed by atoms with Crippen LogP contribution in [0.15, 0.2) is 18.6 Å². The van der Waals surface area contributed by atoms with Gasteiger partial charge in [-0.1, -0.05) is 0 Å². The molecule has 2 aromatic heterocycles. The number of anilines is 1. The predicted octanol–water partition coefficient (Wildman–Crippen LogP) is 0.110. The number of aliphatic hydroxyl groups excluding tert-OH is 2. The Morgan fingerprint density at radius 3 is 2.88 bits per heavy atom. The van der Waals surface area contributed by atoms with Gasteiger partial charge in [-0.25, -0.2) is 9.97 Å². The van der Waals surface area contributed by atoms with E-state index in [0.29, 0.717) is 30.5 Å². The Morgan fingerprint density at radius 1 is 1.23 bits per heavy atom. The molecule has 0 radical (unpaired) electrons. The minimum atomic E-state index is -0.817. The van der Waals surface area contributed by atoms with Crippen molar-refractivity contribution in [3.8, 4) is 0 Å². The molecule has 0 spiro atoms. The number of rotatable bonds is 5. The van der Waals surface area contributed by atoms with E-state index in [1.807, 2.05) is 16.8 Å². The van der Waals surface area contributed by atoms with Crippen molar-refractivity contribution in [2.75, 3.05) is 25.4 Å². The second-order valence-electron chi connectivity index (χ2n) is 7.63. The molecule has 1 saturated carbocycles. The highest BCUT2D eigenvalue weighted by Gasteiger charge is 2.44. The first-order valence-corrected chi connectivity index (χ1v) is 9.47. The molecule has 5 atom stereocenters. The molecule has 1 aliphatic heterocycles. The third-order valence-corrected chi connectivity index (χ3v) is 6.14. The predicted molar refractivity (Wildman–Crippen MR) is 99.4 cm³/mol. The number of likely N-dealkylation sites (tertiary alicyclic amines) is 1. The van der Waals surface area contributed by atoms with Gasteiger partial charge in [-0.15, -0.1) is 0 Å². The Labute approximate surface area is 152 Å². The molecule has 0 aromatic carbocycles. The van der Waals surface area contributed by atoms with Crippen molar-refractivity contribution < 1.29 is 10.2 Å². The molecule has 2 aliphatic rings. The number of hydrogen-bond acceptors (Lipinski definition) is 7. The van der Waals surface area contributed by atoms with E-state index in [4.69, 9.17) is 11.5 Å². The van der Waals surface area contributed by atoms with Gasteiger partial charge in [0.15, 0.2) is 0 Å². The topological polar surface area (TPSA) is 126 Å². The highest BCUT2D eigenvalue weighted by atomic mass is 16.3. The van der Waals surface area contributed by atoms with Crippen LogP contribution in [0.4, 0.5) is 5.82 Å². The number of aromatic nitrogens is 3. The Bertz CT molecular complexity index is 765. The van der Waals surface area contributed by atoms with Crippen LogP contribution in [0.1, 0.15) is 31.7 Å². The first-order valence-electron chi connectivity index (χ1n) is 9.47. The zero-order chi connectivity index (χ0) is 18.3. The molecule has 3 heterocycles. The van der Waals surface area contributed by atoms with E-state index in [1.165, 1.54) is 19.2 Å². The summed E-state index contributed by atoms with van der Waals surface area (Å²) in [5.41, 5.74) is 12.4. The lowest BCUT2D eigenvalue weighted by molar-refractivity contribution is -0.000551. The van der Waals surface area contributed by atoms with Crippen LogP contribution in [-0.2, 0) is 0 Å². The van der Waals surface area contributed by atoms with Crippen molar-refractivity contribution in [1.82, 2.24) is 19.4 Å². The van der Waals surface area contributed by atoms with Gasteiger partial charge in [-0.05, 0) is 44.8 Å². The summed E-state index contributed by atoms with van der Waals surface area (Å²) in [5, 5.41) is 22.1. The molecule has 1 saturated heterocycles. The van der Waals surface area contributed by atoms with E-state index >= 15 is 0 Å². The molecule has 0 bridgehead atoms. The fourth-order valence-corrected chi connectivity index (χ4v) is 4.77. The van der Waals surface area contributed by atoms with Crippen molar-refractivity contribution >= 4 is 16.9 Å². The number of fused-ring (bicyclic) bond motifs is 1. The van der Waals surface area contributed by atoms with Gasteiger partial charge < -0.3 is 26.2 Å². The van der Waals surface area contributed by atoms with Gasteiger partial charge in [-0.2, -0.15) is 0 Å². The van der Waals surface area contributed by atoms with E-state index in [9.17, 15) is 10.2 Å². The second-order valence-corrected chi connectivity index (χ2v) is 7.63. The summed E-state index contributed by atoms with van der Waals surface area (Å²) in [6.07, 6.45) is 5.81. The fourth-order valence-electron chi connectivity index (χ4n) is 4.77. The minimum Gasteiger partial charge on any atom is -0.390 e. The van der Waals surface area contributed by atoms with Crippen molar-refractivity contribution in [2.45, 2.75) is 50.0 Å². The number of nitrogens with zero attached hydrogens (tertiary/aromatic N) is 4. The average molecular weight is 360 g/mol. The molecule has 26 heavy (non-hydrogen) atoms. The molecule has 6 N–H and O–H groups in total. The fraction of sp³-hybridized carbons (Fsp3) is 0.667. The van der Waals surface area contributed by atoms with Crippen molar-refractivity contribution in [1.29, 1.82) is 0 Å². The van der Waals surface area contributed by atoms with Crippen LogP contribution in [-0.4, -0.2) is 67.5 Å². The molecular weight excluding hydrogens is 332 g/mol. The molecule has 2 fully saturated rings. The number of nitrogen functional groups attached to an aromatic ring is 1. The second kappa shape index (κ2) is 7.11. The highest BCUT2D eigenvalue weighted by molar-refractivity contribution is 5.86. The van der Waals surface area contributed by atoms with Gasteiger partial charge in [0.25, 0.3) is 0 Å². The van der Waals surface area contributed by atoms with Gasteiger partial charge in [0.05, 0.1) is 17.5 Å². The van der Waals surface area contributed by atoms with Crippen LogP contribution in [0, 0.1) is 5.92 Å². The van der Waals surface area contributed by atoms with Crippen LogP contribution in [0.3, 0.4) is 0 Å². The first-order chi connectivity index (χ1) is 12.6. The van der Waals surface area contributed by atoms with Gasteiger partial charge >= 0.3 is 0 Å². The molecule has 4 rings (SSSR count). The lowest BCUT2D eigenvalue weighted by atomic mass is 10.0. The van der Waals surface area contributed by atoms with Crippen LogP contribution >= 0.6 is 0 Å². The van der Waals surface area contributed by atoms with Crippen molar-refractivity contribution in [2.24, 2.45) is 11.7 Å². The third-order valence-electron chi connectivity index (χ3n) is 6.14. The van der Waals surface area contributed by atoms with Crippen LogP contribution in [0.2, 0.25) is 0 Å². The molecular formula is C18H28N6O2. The van der Waals surface area contributed by atoms with Gasteiger partial charge in [0.2, 0.25) is 0 Å². The zero-order valence-electron chi connectivity index (χ0n) is 14.9. The molecule has 2 aromatic rings. The lowest BCUT2D eigenvalue weighted by Crippen LogP contribution is -2.39. The maximum atomic E-state index is 10.7. The summed E-state index contributed by atoms with van der Waals surface area (Å²) in [5.74, 6) is 0.463. The first kappa shape index (κ1) is 17.7. The largest absolute Gasteiger partial charge is 0.390 e. The Hall–Kier alpha value is -1.74. The molecule has 8 heteroatoms. The van der Waals surface area contributed by atoms with Crippen LogP contribution in [0.5, 0.6) is 0 Å². The number of nitrogens with two attached hydrogens (primary N) is 2. The monoisotopic (exact) mass is 360 g/mol. The van der Waals surface area contributed by atoms with E-state index in [1.54, 1.807) is 0 Å². The van der Waals surface area contributed by atoms with Gasteiger partial charge in [-0.3, -0.25) is 4.90 Å². The summed E-state index contributed by atoms with van der Waals surface area (Å²) >= 11 is 0. The van der Waals surface area contributed by atoms with Crippen LogP contribution in [0.25, 0.3) is 11.0 Å². The lowest BCUT2D eigenvalue weighted by Gasteiger charge is -2.28. The SMILES string of the molecule is NCC[C@@H]1CCCN1C[C@H]1C[C@@H](n2ccc3c(N)ncnc32)[C@H](O)[C@@H]1O. The number of hydrogen-bond donors (Lipinski definition) is 4. The molecule has 0 amide bonds. The molecule has 0 unspecified atom stereocenters. The normalized spacial score (nSPS) is 32.7. The van der Waals surface area contributed by atoms with Crippen molar-refractivity contribution in [3.63, 3.8) is 0 Å². The maximum Gasteiger partial charge on any atom is 0.145 e. The smallest absolute Gasteiger partial charge is 0.145 e. The van der Waals surface area contributed by atoms with E-state index < -0.39 is 12.2 Å². The van der Waals surface area contributed by atoms with Gasteiger partial charge in [0.1, 0.15) is 23.9 Å². The number of aliphatic hydroxyl groups is 2. The minimum absolute atomic E-state index is 0.0324. The Kier molecular flexibility index (Phi) is 4.83. The highest BCUT2D eigenvalue weighted by Crippen LogP contribution is 2.39. The molecule has 8 nitrogen and oxygen atoms in total. The van der Waals surface area contributed by atoms with E-state index in [-0.39, 0.29) is 12.0 Å². The Morgan fingerprint density at radius 2 is 2.08 bits per heavy atom. The maximum absolute atomic E-state index is 10.7. The summed E-state index contributed by atoms with van der Waals surface area (Å²) in [4.78, 5) is 10.8. The summed E-state index contributed by atoms with van der Waals surface area (Å²) in [6.45, 7) is 2.54.